The zero-order chi connectivity index (χ0) is 21.2. The third-order valence-electron chi connectivity index (χ3n) is 5.69. The summed E-state index contributed by atoms with van der Waals surface area (Å²) in [6.45, 7) is 9.19. The molecular weight excluding hydrogens is 370 g/mol. The fourth-order valence-electron chi connectivity index (χ4n) is 4.25. The van der Waals surface area contributed by atoms with E-state index in [1.807, 2.05) is 45.2 Å². The second-order valence-corrected chi connectivity index (χ2v) is 8.65. The standard InChI is InChI=1S/C22H31N3O4/c1-22(2,3)25(21(27)28)16-7-10-23(11-8-16)13-14-24-12-9-20(26)18-6-5-17(29-4)15-19(18)24/h5-6,9,12,15-16H,7-8,10-11,13-14H2,1-4H3,(H,27,28). The Bertz CT molecular complexity index is 924. The predicted molar refractivity (Wildman–Crippen MR) is 114 cm³/mol. The van der Waals surface area contributed by atoms with Crippen molar-refractivity contribution in [3.8, 4) is 5.75 Å². The summed E-state index contributed by atoms with van der Waals surface area (Å²) >= 11 is 0. The second kappa shape index (κ2) is 8.45. The molecule has 0 atom stereocenters. The number of aromatic nitrogens is 1. The number of pyridine rings is 1. The topological polar surface area (TPSA) is 75.0 Å². The summed E-state index contributed by atoms with van der Waals surface area (Å²) in [5, 5.41) is 10.3. The fraction of sp³-hybridized carbons (Fsp3) is 0.545. The molecule has 0 unspecified atom stereocenters. The lowest BCUT2D eigenvalue weighted by atomic mass is 9.97. The van der Waals surface area contributed by atoms with Crippen LogP contribution in [0.4, 0.5) is 4.79 Å². The molecule has 1 fully saturated rings. The Morgan fingerprint density at radius 3 is 2.48 bits per heavy atom. The highest BCUT2D eigenvalue weighted by Crippen LogP contribution is 2.25. The van der Waals surface area contributed by atoms with Crippen molar-refractivity contribution in [2.24, 2.45) is 0 Å². The SMILES string of the molecule is COc1ccc2c(=O)ccn(CCN3CCC(N(C(=O)O)C(C)(C)C)CC3)c2c1. The van der Waals surface area contributed by atoms with Gasteiger partial charge in [-0.1, -0.05) is 0 Å². The lowest BCUT2D eigenvalue weighted by Crippen LogP contribution is -2.54. The number of ether oxygens (including phenoxy) is 1. The van der Waals surface area contributed by atoms with Gasteiger partial charge in [-0.15, -0.1) is 0 Å². The van der Waals surface area contributed by atoms with Gasteiger partial charge in [0.15, 0.2) is 5.43 Å². The van der Waals surface area contributed by atoms with Crippen molar-refractivity contribution < 1.29 is 14.6 Å². The van der Waals surface area contributed by atoms with Crippen molar-refractivity contribution in [1.82, 2.24) is 14.4 Å². The summed E-state index contributed by atoms with van der Waals surface area (Å²) in [4.78, 5) is 27.8. The first-order valence-electron chi connectivity index (χ1n) is 10.1. The maximum absolute atomic E-state index is 12.2. The van der Waals surface area contributed by atoms with Gasteiger partial charge in [0.25, 0.3) is 0 Å². The third kappa shape index (κ3) is 4.72. The highest BCUT2D eigenvalue weighted by atomic mass is 16.5. The Labute approximate surface area is 171 Å². The van der Waals surface area contributed by atoms with E-state index in [0.29, 0.717) is 5.39 Å². The van der Waals surface area contributed by atoms with Gasteiger partial charge in [0, 0.05) is 61.5 Å². The van der Waals surface area contributed by atoms with Gasteiger partial charge in [-0.25, -0.2) is 4.79 Å². The normalized spacial score (nSPS) is 16.1. The number of rotatable bonds is 5. The van der Waals surface area contributed by atoms with E-state index < -0.39 is 11.6 Å². The van der Waals surface area contributed by atoms with Crippen LogP contribution in [0.1, 0.15) is 33.6 Å². The molecule has 1 aromatic carbocycles. The zero-order valence-corrected chi connectivity index (χ0v) is 17.7. The van der Waals surface area contributed by atoms with Gasteiger partial charge in [0.05, 0.1) is 12.6 Å². The minimum absolute atomic E-state index is 0.00987. The molecule has 2 heterocycles. The number of benzene rings is 1. The van der Waals surface area contributed by atoms with Gasteiger partial charge in [-0.2, -0.15) is 0 Å². The van der Waals surface area contributed by atoms with Crippen molar-refractivity contribution in [2.75, 3.05) is 26.7 Å². The highest BCUT2D eigenvalue weighted by Gasteiger charge is 2.35. The van der Waals surface area contributed by atoms with Crippen molar-refractivity contribution in [3.05, 3.63) is 40.7 Å². The number of piperidine rings is 1. The number of likely N-dealkylation sites (tertiary alicyclic amines) is 1. The summed E-state index contributed by atoms with van der Waals surface area (Å²) in [6.07, 6.45) is 2.66. The number of nitrogens with zero attached hydrogens (tertiary/aromatic N) is 3. The molecule has 1 aromatic heterocycles. The molecule has 1 saturated heterocycles. The van der Waals surface area contributed by atoms with E-state index in [-0.39, 0.29) is 11.5 Å². The maximum Gasteiger partial charge on any atom is 0.407 e. The number of hydrogen-bond acceptors (Lipinski definition) is 4. The lowest BCUT2D eigenvalue weighted by Gasteiger charge is -2.43. The van der Waals surface area contributed by atoms with Crippen molar-refractivity contribution in [1.29, 1.82) is 0 Å². The van der Waals surface area contributed by atoms with E-state index in [1.165, 1.54) is 0 Å². The van der Waals surface area contributed by atoms with Crippen molar-refractivity contribution >= 4 is 17.0 Å². The molecule has 29 heavy (non-hydrogen) atoms. The van der Waals surface area contributed by atoms with Crippen LogP contribution in [0.25, 0.3) is 10.9 Å². The molecule has 0 aliphatic carbocycles. The van der Waals surface area contributed by atoms with E-state index in [9.17, 15) is 14.7 Å². The molecule has 0 radical (unpaired) electrons. The van der Waals surface area contributed by atoms with Crippen LogP contribution in [0, 0.1) is 0 Å². The first-order chi connectivity index (χ1) is 13.7. The summed E-state index contributed by atoms with van der Waals surface area (Å²) < 4.78 is 7.40. The lowest BCUT2D eigenvalue weighted by molar-refractivity contribution is 0.0417. The first-order valence-corrected chi connectivity index (χ1v) is 10.1. The summed E-state index contributed by atoms with van der Waals surface area (Å²) in [6, 6.07) is 7.18. The zero-order valence-electron chi connectivity index (χ0n) is 17.7. The Hall–Kier alpha value is -2.54. The highest BCUT2D eigenvalue weighted by molar-refractivity contribution is 5.80. The van der Waals surface area contributed by atoms with Gasteiger partial charge in [-0.3, -0.25) is 4.79 Å². The van der Waals surface area contributed by atoms with Gasteiger partial charge in [0.2, 0.25) is 0 Å². The monoisotopic (exact) mass is 401 g/mol. The molecule has 7 heteroatoms. The summed E-state index contributed by atoms with van der Waals surface area (Å²) in [5.41, 5.74) is 0.485. The predicted octanol–water partition coefficient (Wildman–Crippen LogP) is 3.25. The second-order valence-electron chi connectivity index (χ2n) is 8.65. The molecule has 3 rings (SSSR count). The Kier molecular flexibility index (Phi) is 6.17. The molecule has 2 aromatic rings. The minimum atomic E-state index is -0.843. The minimum Gasteiger partial charge on any atom is -0.497 e. The first kappa shape index (κ1) is 21.2. The molecule has 0 spiro atoms. The van der Waals surface area contributed by atoms with Gasteiger partial charge < -0.3 is 24.2 Å². The van der Waals surface area contributed by atoms with Gasteiger partial charge >= 0.3 is 6.09 Å². The van der Waals surface area contributed by atoms with Crippen molar-refractivity contribution in [2.45, 2.75) is 51.7 Å². The summed E-state index contributed by atoms with van der Waals surface area (Å²) in [5.74, 6) is 0.730. The third-order valence-corrected chi connectivity index (χ3v) is 5.69. The molecule has 158 valence electrons. The van der Waals surface area contributed by atoms with Crippen LogP contribution in [-0.4, -0.2) is 63.9 Å². The number of carbonyl (C=O) groups is 1. The number of fused-ring (bicyclic) bond motifs is 1. The van der Waals surface area contributed by atoms with E-state index >= 15 is 0 Å². The Morgan fingerprint density at radius 1 is 1.21 bits per heavy atom. The Morgan fingerprint density at radius 2 is 1.90 bits per heavy atom. The van der Waals surface area contributed by atoms with E-state index in [4.69, 9.17) is 4.74 Å². The number of methoxy groups -OCH3 is 1. The largest absolute Gasteiger partial charge is 0.497 e. The number of hydrogen-bond donors (Lipinski definition) is 1. The summed E-state index contributed by atoms with van der Waals surface area (Å²) in [7, 11) is 1.62. The smallest absolute Gasteiger partial charge is 0.407 e. The molecule has 0 bridgehead atoms. The number of amides is 1. The molecule has 1 amide bonds. The van der Waals surface area contributed by atoms with Crippen LogP contribution in [0.15, 0.2) is 35.3 Å². The maximum atomic E-state index is 12.2. The quantitative estimate of drug-likeness (QED) is 0.832. The van der Waals surface area contributed by atoms with Crippen LogP contribution in [-0.2, 0) is 6.54 Å². The average Bonchev–Trinajstić information content (AvgIpc) is 2.67. The van der Waals surface area contributed by atoms with Crippen LogP contribution in [0.5, 0.6) is 5.75 Å². The van der Waals surface area contributed by atoms with E-state index in [1.54, 1.807) is 18.1 Å². The van der Waals surface area contributed by atoms with Crippen LogP contribution < -0.4 is 10.2 Å². The molecule has 1 N–H and O–H groups in total. The molecule has 7 nitrogen and oxygen atoms in total. The van der Waals surface area contributed by atoms with Crippen LogP contribution >= 0.6 is 0 Å². The Balaban J connectivity index is 1.66. The van der Waals surface area contributed by atoms with Crippen molar-refractivity contribution in [3.63, 3.8) is 0 Å². The fourth-order valence-corrected chi connectivity index (χ4v) is 4.25. The van der Waals surface area contributed by atoms with E-state index in [0.717, 1.165) is 50.3 Å². The molecule has 1 aliphatic heterocycles. The average molecular weight is 402 g/mol. The molecule has 0 saturated carbocycles. The van der Waals surface area contributed by atoms with Gasteiger partial charge in [0.1, 0.15) is 5.75 Å². The van der Waals surface area contributed by atoms with Crippen LogP contribution in [0.2, 0.25) is 0 Å². The number of carboxylic acid groups (broad SMARTS) is 1. The van der Waals surface area contributed by atoms with Crippen LogP contribution in [0.3, 0.4) is 0 Å². The molecule has 1 aliphatic rings. The molecular formula is C22H31N3O4. The van der Waals surface area contributed by atoms with Gasteiger partial charge in [-0.05, 0) is 45.7 Å². The van der Waals surface area contributed by atoms with E-state index in [2.05, 4.69) is 9.47 Å².